The fourth-order valence-corrected chi connectivity index (χ4v) is 5.76. The van der Waals surface area contributed by atoms with Crippen LogP contribution in [0.4, 0.5) is 0 Å². The van der Waals surface area contributed by atoms with Crippen LogP contribution in [0.5, 0.6) is 0 Å². The first-order chi connectivity index (χ1) is 15.4. The Morgan fingerprint density at radius 3 is 2.66 bits per heavy atom. The highest BCUT2D eigenvalue weighted by Crippen LogP contribution is 2.43. The molecule has 1 aliphatic rings. The molecule has 0 bridgehead atoms. The second-order valence-corrected chi connectivity index (χ2v) is 10.7. The quantitative estimate of drug-likeness (QED) is 0.329. The lowest BCUT2D eigenvalue weighted by Gasteiger charge is -2.39. The molecule has 3 aromatic rings. The van der Waals surface area contributed by atoms with Crippen LogP contribution in [0.1, 0.15) is 49.9 Å². The van der Waals surface area contributed by atoms with Gasteiger partial charge < -0.3 is 15.4 Å². The maximum Gasteiger partial charge on any atom is 0.0662 e. The lowest BCUT2D eigenvalue weighted by molar-refractivity contribution is 0.161. The lowest BCUT2D eigenvalue weighted by Crippen LogP contribution is -2.46. The average molecular weight is 473 g/mol. The van der Waals surface area contributed by atoms with Gasteiger partial charge in [-0.25, -0.2) is 0 Å². The monoisotopic (exact) mass is 472 g/mol. The van der Waals surface area contributed by atoms with Gasteiger partial charge >= 0.3 is 0 Å². The number of hydrogen-bond donors (Lipinski definition) is 3. The highest BCUT2D eigenvalue weighted by atomic mass is 35.5. The summed E-state index contributed by atoms with van der Waals surface area (Å²) in [5.41, 5.74) is 5.21. The van der Waals surface area contributed by atoms with E-state index in [-0.39, 0.29) is 18.1 Å². The van der Waals surface area contributed by atoms with Crippen molar-refractivity contribution >= 4 is 34.1 Å². The van der Waals surface area contributed by atoms with E-state index in [0.29, 0.717) is 16.0 Å². The number of aromatic amines is 1. The minimum absolute atomic E-state index is 0.120. The van der Waals surface area contributed by atoms with E-state index >= 15 is 0 Å². The van der Waals surface area contributed by atoms with E-state index in [1.165, 1.54) is 16.8 Å². The molecule has 0 saturated heterocycles. The molecule has 1 heterocycles. The van der Waals surface area contributed by atoms with Gasteiger partial charge in [-0.3, -0.25) is 0 Å². The standard InChI is InChI=1S/C27H34Cl2N2O/c1-18(2)25(16-32)30-17-27(11-6-9-19-7-4-3-5-8-19)12-10-24-22(15-27)21-13-20(28)14-23(29)26(21)31-24/h3-5,7-8,13-14,18,25,30-32H,6,9-12,15-17H2,1-2H3/t25-,27?/m1/s1. The molecule has 3 N–H and O–H groups in total. The van der Waals surface area contributed by atoms with Crippen molar-refractivity contribution in [2.75, 3.05) is 13.2 Å². The molecular formula is C27H34Cl2N2O. The van der Waals surface area contributed by atoms with Gasteiger partial charge in [-0.1, -0.05) is 67.4 Å². The number of nitrogens with one attached hydrogen (secondary N) is 2. The Balaban J connectivity index is 1.59. The highest BCUT2D eigenvalue weighted by Gasteiger charge is 2.36. The van der Waals surface area contributed by atoms with E-state index in [2.05, 4.69) is 60.5 Å². The van der Waals surface area contributed by atoms with Crippen molar-refractivity contribution in [1.29, 1.82) is 0 Å². The lowest BCUT2D eigenvalue weighted by atomic mass is 9.69. The van der Waals surface area contributed by atoms with Gasteiger partial charge in [-0.2, -0.15) is 0 Å². The normalized spacial score (nSPS) is 19.4. The molecule has 0 saturated carbocycles. The summed E-state index contributed by atoms with van der Waals surface area (Å²) in [4.78, 5) is 3.57. The summed E-state index contributed by atoms with van der Waals surface area (Å²) in [5.74, 6) is 0.395. The topological polar surface area (TPSA) is 48.0 Å². The second-order valence-electron chi connectivity index (χ2n) is 9.82. The molecule has 3 nitrogen and oxygen atoms in total. The van der Waals surface area contributed by atoms with Crippen LogP contribution < -0.4 is 5.32 Å². The number of rotatable bonds is 9. The number of H-pyrrole nitrogens is 1. The second kappa shape index (κ2) is 10.2. The molecule has 0 amide bonds. The SMILES string of the molecule is CC(C)[C@@H](CO)NCC1(CCCc2ccccc2)CCc2[nH]c3c(Cl)cc(Cl)cc3c2C1. The fourth-order valence-electron chi connectivity index (χ4n) is 5.22. The third-order valence-electron chi connectivity index (χ3n) is 7.23. The number of aliphatic hydroxyl groups excluding tert-OH is 1. The van der Waals surface area contributed by atoms with Crippen molar-refractivity contribution < 1.29 is 5.11 Å². The first kappa shape index (κ1) is 23.6. The zero-order valence-electron chi connectivity index (χ0n) is 19.1. The molecule has 0 radical (unpaired) electrons. The van der Waals surface area contributed by atoms with Crippen molar-refractivity contribution in [2.24, 2.45) is 11.3 Å². The van der Waals surface area contributed by atoms with Crippen LogP contribution in [0, 0.1) is 11.3 Å². The summed E-state index contributed by atoms with van der Waals surface area (Å²) in [7, 11) is 0. The number of aryl methyl sites for hydroxylation is 2. The first-order valence-electron chi connectivity index (χ1n) is 11.8. The maximum absolute atomic E-state index is 9.86. The van der Waals surface area contributed by atoms with Crippen molar-refractivity contribution in [3.8, 4) is 0 Å². The van der Waals surface area contributed by atoms with Gasteiger partial charge in [0.05, 0.1) is 17.1 Å². The molecule has 32 heavy (non-hydrogen) atoms. The maximum atomic E-state index is 9.86. The molecule has 1 unspecified atom stereocenters. The molecule has 172 valence electrons. The summed E-state index contributed by atoms with van der Waals surface area (Å²) < 4.78 is 0. The van der Waals surface area contributed by atoms with Crippen molar-refractivity contribution in [2.45, 2.75) is 58.4 Å². The Morgan fingerprint density at radius 2 is 1.94 bits per heavy atom. The molecule has 0 spiro atoms. The van der Waals surface area contributed by atoms with Gasteiger partial charge in [-0.15, -0.1) is 0 Å². The Bertz CT molecular complexity index is 1050. The number of fused-ring (bicyclic) bond motifs is 3. The van der Waals surface area contributed by atoms with Gasteiger partial charge in [-0.05, 0) is 73.1 Å². The average Bonchev–Trinajstić information content (AvgIpc) is 3.13. The zero-order chi connectivity index (χ0) is 22.7. The number of halogens is 2. The Labute approximate surface area is 201 Å². The van der Waals surface area contributed by atoms with Crippen molar-refractivity contribution in [1.82, 2.24) is 10.3 Å². The Hall–Kier alpha value is -1.52. The van der Waals surface area contributed by atoms with Crippen LogP contribution in [0.25, 0.3) is 10.9 Å². The third kappa shape index (κ3) is 5.17. The van der Waals surface area contributed by atoms with Gasteiger partial charge in [0.15, 0.2) is 0 Å². The molecule has 5 heteroatoms. The van der Waals surface area contributed by atoms with Gasteiger partial charge in [0.2, 0.25) is 0 Å². The predicted molar refractivity (Wildman–Crippen MR) is 136 cm³/mol. The van der Waals surface area contributed by atoms with E-state index in [1.807, 2.05) is 6.07 Å². The van der Waals surface area contributed by atoms with Gasteiger partial charge in [0.1, 0.15) is 0 Å². The van der Waals surface area contributed by atoms with E-state index in [4.69, 9.17) is 23.2 Å². The van der Waals surface area contributed by atoms with Crippen LogP contribution in [0.3, 0.4) is 0 Å². The van der Waals surface area contributed by atoms with Gasteiger partial charge in [0, 0.05) is 28.7 Å². The summed E-state index contributed by atoms with van der Waals surface area (Å²) in [6.07, 6.45) is 6.51. The van der Waals surface area contributed by atoms with E-state index in [9.17, 15) is 5.11 Å². The number of benzene rings is 2. The summed E-state index contributed by atoms with van der Waals surface area (Å²) in [6.45, 7) is 5.41. The van der Waals surface area contributed by atoms with Crippen LogP contribution in [0.2, 0.25) is 10.0 Å². The molecule has 2 aromatic carbocycles. The molecule has 2 atom stereocenters. The smallest absolute Gasteiger partial charge is 0.0662 e. The van der Waals surface area contributed by atoms with E-state index in [1.54, 1.807) is 0 Å². The fraction of sp³-hybridized carbons (Fsp3) is 0.481. The number of hydrogen-bond acceptors (Lipinski definition) is 2. The largest absolute Gasteiger partial charge is 0.395 e. The molecule has 1 aromatic heterocycles. The summed E-state index contributed by atoms with van der Waals surface area (Å²) in [6, 6.07) is 14.7. The third-order valence-corrected chi connectivity index (χ3v) is 7.75. The Kier molecular flexibility index (Phi) is 7.51. The van der Waals surface area contributed by atoms with Crippen LogP contribution in [0.15, 0.2) is 42.5 Å². The number of aliphatic hydroxyl groups is 1. The summed E-state index contributed by atoms with van der Waals surface area (Å²) in [5, 5.41) is 16.1. The number of aromatic nitrogens is 1. The minimum atomic E-state index is 0.120. The van der Waals surface area contributed by atoms with Gasteiger partial charge in [0.25, 0.3) is 0 Å². The first-order valence-corrected chi connectivity index (χ1v) is 12.5. The van der Waals surface area contributed by atoms with Crippen molar-refractivity contribution in [3.63, 3.8) is 0 Å². The molecular weight excluding hydrogens is 439 g/mol. The zero-order valence-corrected chi connectivity index (χ0v) is 20.6. The summed E-state index contributed by atoms with van der Waals surface area (Å²) >= 11 is 12.9. The van der Waals surface area contributed by atoms with Crippen molar-refractivity contribution in [3.05, 3.63) is 69.3 Å². The van der Waals surface area contributed by atoms with Crippen LogP contribution >= 0.6 is 23.2 Å². The molecule has 4 rings (SSSR count). The molecule has 1 aliphatic carbocycles. The predicted octanol–water partition coefficient (Wildman–Crippen LogP) is 6.58. The van der Waals surface area contributed by atoms with Crippen LogP contribution in [-0.2, 0) is 19.3 Å². The highest BCUT2D eigenvalue weighted by molar-refractivity contribution is 6.38. The molecule has 0 fully saturated rings. The Morgan fingerprint density at radius 1 is 1.16 bits per heavy atom. The molecule has 0 aliphatic heterocycles. The minimum Gasteiger partial charge on any atom is -0.395 e. The van der Waals surface area contributed by atoms with Crippen LogP contribution in [-0.4, -0.2) is 29.3 Å². The van der Waals surface area contributed by atoms with E-state index in [0.717, 1.165) is 56.0 Å². The van der Waals surface area contributed by atoms with E-state index < -0.39 is 0 Å².